The molecule has 3 nitrogen and oxygen atoms in total. The molecule has 1 aliphatic carbocycles. The van der Waals surface area contributed by atoms with Crippen LogP contribution in [0.1, 0.15) is 56.9 Å². The van der Waals surface area contributed by atoms with E-state index in [1.165, 1.54) is 18.4 Å². The van der Waals surface area contributed by atoms with E-state index in [-0.39, 0.29) is 11.5 Å². The first kappa shape index (κ1) is 14.6. The molecule has 21 heavy (non-hydrogen) atoms. The van der Waals surface area contributed by atoms with Gasteiger partial charge in [0.1, 0.15) is 0 Å². The van der Waals surface area contributed by atoms with E-state index in [1.54, 1.807) is 6.92 Å². The zero-order valence-electron chi connectivity index (χ0n) is 12.8. The molecule has 1 aliphatic heterocycles. The van der Waals surface area contributed by atoms with Crippen molar-refractivity contribution < 1.29 is 9.53 Å². The second kappa shape index (κ2) is 6.18. The fourth-order valence-corrected chi connectivity index (χ4v) is 3.99. The average molecular weight is 287 g/mol. The van der Waals surface area contributed by atoms with Crippen LogP contribution < -0.4 is 5.32 Å². The van der Waals surface area contributed by atoms with Gasteiger partial charge in [0, 0.05) is 19.6 Å². The number of ether oxygens (including phenoxy) is 1. The molecule has 1 heterocycles. The predicted octanol–water partition coefficient (Wildman–Crippen LogP) is 3.40. The molecule has 1 aromatic rings. The summed E-state index contributed by atoms with van der Waals surface area (Å²) in [6.07, 6.45) is 6.54. The van der Waals surface area contributed by atoms with E-state index in [9.17, 15) is 4.79 Å². The highest BCUT2D eigenvalue weighted by atomic mass is 16.5. The van der Waals surface area contributed by atoms with Crippen molar-refractivity contribution in [3.8, 4) is 0 Å². The topological polar surface area (TPSA) is 38.3 Å². The maximum absolute atomic E-state index is 11.3. The maximum Gasteiger partial charge on any atom is 0.217 e. The van der Waals surface area contributed by atoms with Gasteiger partial charge in [-0.1, -0.05) is 30.3 Å². The Kier molecular flexibility index (Phi) is 4.29. The Balaban J connectivity index is 1.60. The summed E-state index contributed by atoms with van der Waals surface area (Å²) in [7, 11) is 0. The summed E-state index contributed by atoms with van der Waals surface area (Å²) in [5.74, 6) is 0.747. The molecule has 2 aliphatic rings. The molecular weight excluding hydrogens is 262 g/mol. The molecule has 0 aromatic heterocycles. The Labute approximate surface area is 127 Å². The van der Waals surface area contributed by atoms with Crippen LogP contribution in [-0.4, -0.2) is 24.2 Å². The van der Waals surface area contributed by atoms with Crippen LogP contribution in [0, 0.1) is 0 Å². The van der Waals surface area contributed by atoms with Gasteiger partial charge >= 0.3 is 0 Å². The van der Waals surface area contributed by atoms with Crippen molar-refractivity contribution >= 4 is 5.91 Å². The van der Waals surface area contributed by atoms with E-state index in [4.69, 9.17) is 4.74 Å². The van der Waals surface area contributed by atoms with Crippen LogP contribution in [0.15, 0.2) is 30.3 Å². The molecule has 114 valence electrons. The average Bonchev–Trinajstić information content (AvgIpc) is 2.48. The molecule has 1 N–H and O–H groups in total. The first-order chi connectivity index (χ1) is 10.2. The Hall–Kier alpha value is -1.35. The summed E-state index contributed by atoms with van der Waals surface area (Å²) in [5.41, 5.74) is 1.47. The monoisotopic (exact) mass is 287 g/mol. The van der Waals surface area contributed by atoms with Gasteiger partial charge in [-0.15, -0.1) is 0 Å². The highest BCUT2D eigenvalue weighted by molar-refractivity contribution is 5.73. The van der Waals surface area contributed by atoms with Crippen molar-refractivity contribution in [3.63, 3.8) is 0 Å². The molecule has 3 heteroatoms. The molecular formula is C18H25NO2. The standard InChI is InChI=1S/C18H25NO2/c1-14(20)19-17-9-12-21-18(13-17)10-7-16(8-11-18)15-5-3-2-4-6-15/h2-6,16-17H,7-13H2,1H3,(H,19,20)/t16?,17-,18?/m1/s1. The Morgan fingerprint density at radius 3 is 2.57 bits per heavy atom. The number of rotatable bonds is 2. The summed E-state index contributed by atoms with van der Waals surface area (Å²) in [6, 6.07) is 11.1. The van der Waals surface area contributed by atoms with Gasteiger partial charge in [0.2, 0.25) is 5.91 Å². The van der Waals surface area contributed by atoms with Gasteiger partial charge in [0.05, 0.1) is 5.60 Å². The number of nitrogens with one attached hydrogen (secondary N) is 1. The third-order valence-corrected chi connectivity index (χ3v) is 5.07. The zero-order chi connectivity index (χ0) is 14.7. The highest BCUT2D eigenvalue weighted by Gasteiger charge is 2.41. The predicted molar refractivity (Wildman–Crippen MR) is 83.2 cm³/mol. The van der Waals surface area contributed by atoms with Crippen LogP contribution in [0.25, 0.3) is 0 Å². The van der Waals surface area contributed by atoms with Crippen molar-refractivity contribution in [3.05, 3.63) is 35.9 Å². The first-order valence-corrected chi connectivity index (χ1v) is 8.13. The smallest absolute Gasteiger partial charge is 0.217 e. The number of hydrogen-bond donors (Lipinski definition) is 1. The molecule has 1 spiro atoms. The number of carbonyl (C=O) groups excluding carboxylic acids is 1. The summed E-state index contributed by atoms with van der Waals surface area (Å²) in [6.45, 7) is 2.38. The minimum atomic E-state index is 0.0106. The Morgan fingerprint density at radius 2 is 1.90 bits per heavy atom. The summed E-state index contributed by atoms with van der Waals surface area (Å²) >= 11 is 0. The van der Waals surface area contributed by atoms with Gasteiger partial charge in [0.25, 0.3) is 0 Å². The molecule has 0 unspecified atom stereocenters. The van der Waals surface area contributed by atoms with Crippen LogP contribution in [0.2, 0.25) is 0 Å². The molecule has 1 aromatic carbocycles. The molecule has 2 fully saturated rings. The minimum absolute atomic E-state index is 0.0106. The van der Waals surface area contributed by atoms with E-state index < -0.39 is 0 Å². The van der Waals surface area contributed by atoms with Crippen LogP contribution in [-0.2, 0) is 9.53 Å². The molecule has 1 amide bonds. The Morgan fingerprint density at radius 1 is 1.19 bits per heavy atom. The second-order valence-electron chi connectivity index (χ2n) is 6.61. The largest absolute Gasteiger partial charge is 0.375 e. The molecule has 0 bridgehead atoms. The molecule has 3 rings (SSSR count). The maximum atomic E-state index is 11.3. The van der Waals surface area contributed by atoms with Crippen LogP contribution in [0.3, 0.4) is 0 Å². The third-order valence-electron chi connectivity index (χ3n) is 5.07. The van der Waals surface area contributed by atoms with Crippen molar-refractivity contribution in [2.24, 2.45) is 0 Å². The lowest BCUT2D eigenvalue weighted by molar-refractivity contribution is -0.127. The summed E-state index contributed by atoms with van der Waals surface area (Å²) < 4.78 is 6.15. The first-order valence-electron chi connectivity index (χ1n) is 8.13. The van der Waals surface area contributed by atoms with E-state index in [2.05, 4.69) is 35.6 Å². The number of benzene rings is 1. The molecule has 1 atom stereocenters. The van der Waals surface area contributed by atoms with E-state index in [0.717, 1.165) is 32.3 Å². The summed E-state index contributed by atoms with van der Waals surface area (Å²) in [5, 5.41) is 3.08. The SMILES string of the molecule is CC(=O)N[C@@H]1CCOC2(CCC(c3ccccc3)CC2)C1. The molecule has 0 radical (unpaired) electrons. The van der Waals surface area contributed by atoms with Crippen LogP contribution in [0.5, 0.6) is 0 Å². The number of hydrogen-bond acceptors (Lipinski definition) is 2. The summed E-state index contributed by atoms with van der Waals surface area (Å²) in [4.78, 5) is 11.3. The molecule has 1 saturated heterocycles. The lowest BCUT2D eigenvalue weighted by atomic mass is 9.72. The van der Waals surface area contributed by atoms with Crippen molar-refractivity contribution in [1.82, 2.24) is 5.32 Å². The lowest BCUT2D eigenvalue weighted by Gasteiger charge is -2.45. The highest BCUT2D eigenvalue weighted by Crippen LogP contribution is 2.44. The fourth-order valence-electron chi connectivity index (χ4n) is 3.99. The van der Waals surface area contributed by atoms with Gasteiger partial charge in [-0.25, -0.2) is 0 Å². The number of carbonyl (C=O) groups is 1. The quantitative estimate of drug-likeness (QED) is 0.905. The van der Waals surface area contributed by atoms with Crippen molar-refractivity contribution in [2.45, 2.75) is 63.0 Å². The van der Waals surface area contributed by atoms with Crippen LogP contribution >= 0.6 is 0 Å². The van der Waals surface area contributed by atoms with E-state index in [0.29, 0.717) is 12.0 Å². The minimum Gasteiger partial charge on any atom is -0.375 e. The van der Waals surface area contributed by atoms with Gasteiger partial charge in [0.15, 0.2) is 0 Å². The number of amides is 1. The van der Waals surface area contributed by atoms with Gasteiger partial charge in [-0.2, -0.15) is 0 Å². The second-order valence-corrected chi connectivity index (χ2v) is 6.61. The fraction of sp³-hybridized carbons (Fsp3) is 0.611. The van der Waals surface area contributed by atoms with Crippen molar-refractivity contribution in [2.75, 3.05) is 6.61 Å². The van der Waals surface area contributed by atoms with Gasteiger partial charge < -0.3 is 10.1 Å². The van der Waals surface area contributed by atoms with E-state index >= 15 is 0 Å². The molecule has 1 saturated carbocycles. The lowest BCUT2D eigenvalue weighted by Crippen LogP contribution is -2.49. The van der Waals surface area contributed by atoms with Crippen molar-refractivity contribution in [1.29, 1.82) is 0 Å². The van der Waals surface area contributed by atoms with E-state index in [1.807, 2.05) is 0 Å². The van der Waals surface area contributed by atoms with Gasteiger partial charge in [-0.3, -0.25) is 4.79 Å². The zero-order valence-corrected chi connectivity index (χ0v) is 12.8. The third kappa shape index (κ3) is 3.46. The van der Waals surface area contributed by atoms with Gasteiger partial charge in [-0.05, 0) is 50.0 Å². The normalized spacial score (nSPS) is 32.8. The Bertz CT molecular complexity index is 477. The van der Waals surface area contributed by atoms with Crippen LogP contribution in [0.4, 0.5) is 0 Å².